The fraction of sp³-hybridized carbons (Fsp3) is 0.562. The lowest BCUT2D eigenvalue weighted by Crippen LogP contribution is -2.30. The second kappa shape index (κ2) is 7.41. The van der Waals surface area contributed by atoms with Gasteiger partial charge in [0.1, 0.15) is 12.2 Å². The molecule has 1 saturated heterocycles. The van der Waals surface area contributed by atoms with Crippen molar-refractivity contribution in [2.45, 2.75) is 45.0 Å². The topological polar surface area (TPSA) is 55.8 Å². The van der Waals surface area contributed by atoms with Crippen LogP contribution in [0, 0.1) is 5.92 Å². The fourth-order valence-electron chi connectivity index (χ4n) is 2.47. The molecule has 110 valence electrons. The standard InChI is InChI=1S/C16H22O4/c1-2-6-13-9-15(20-16(13)18)14(17)11-19-10-12-7-4-3-5-8-12/h3-5,7-8,13-15,17H,2,6,9-11H2,1H3/t13-,14-,15+/m1/s1. The van der Waals surface area contributed by atoms with Gasteiger partial charge in [-0.2, -0.15) is 0 Å². The van der Waals surface area contributed by atoms with Crippen molar-refractivity contribution in [3.8, 4) is 0 Å². The summed E-state index contributed by atoms with van der Waals surface area (Å²) in [6.45, 7) is 2.68. The molecule has 1 aliphatic heterocycles. The van der Waals surface area contributed by atoms with Crippen molar-refractivity contribution in [2.75, 3.05) is 6.61 Å². The number of hydrogen-bond donors (Lipinski definition) is 1. The molecule has 4 heteroatoms. The van der Waals surface area contributed by atoms with Crippen molar-refractivity contribution >= 4 is 5.97 Å². The van der Waals surface area contributed by atoms with Crippen LogP contribution in [0.5, 0.6) is 0 Å². The Morgan fingerprint density at radius 3 is 2.85 bits per heavy atom. The quantitative estimate of drug-likeness (QED) is 0.778. The summed E-state index contributed by atoms with van der Waals surface area (Å²) in [6.07, 6.45) is 1.21. The minimum atomic E-state index is -0.746. The second-order valence-corrected chi connectivity index (χ2v) is 5.26. The van der Waals surface area contributed by atoms with Crippen LogP contribution in [0.15, 0.2) is 30.3 Å². The Balaban J connectivity index is 1.73. The highest BCUT2D eigenvalue weighted by Crippen LogP contribution is 2.27. The van der Waals surface area contributed by atoms with E-state index in [1.807, 2.05) is 37.3 Å². The Bertz CT molecular complexity index is 418. The normalized spacial score (nSPS) is 23.6. The highest BCUT2D eigenvalue weighted by molar-refractivity contribution is 5.74. The minimum absolute atomic E-state index is 0.0613. The summed E-state index contributed by atoms with van der Waals surface area (Å²) in [6, 6.07) is 9.79. The predicted octanol–water partition coefficient (Wildman–Crippen LogP) is 2.30. The average molecular weight is 278 g/mol. The summed E-state index contributed by atoms with van der Waals surface area (Å²) in [7, 11) is 0. The molecule has 0 amide bonds. The number of aliphatic hydroxyl groups is 1. The van der Waals surface area contributed by atoms with Crippen LogP contribution in [0.1, 0.15) is 31.7 Å². The summed E-state index contributed by atoms with van der Waals surface area (Å²) in [5.74, 6) is -0.243. The van der Waals surface area contributed by atoms with Crippen LogP contribution >= 0.6 is 0 Å². The first-order valence-electron chi connectivity index (χ1n) is 7.21. The van der Waals surface area contributed by atoms with Gasteiger partial charge in [0.05, 0.1) is 19.1 Å². The van der Waals surface area contributed by atoms with Gasteiger partial charge in [-0.05, 0) is 12.0 Å². The smallest absolute Gasteiger partial charge is 0.309 e. The van der Waals surface area contributed by atoms with Crippen LogP contribution in [0.4, 0.5) is 0 Å². The van der Waals surface area contributed by atoms with E-state index in [2.05, 4.69) is 0 Å². The molecular weight excluding hydrogens is 256 g/mol. The molecule has 1 heterocycles. The first-order chi connectivity index (χ1) is 9.70. The molecule has 4 nitrogen and oxygen atoms in total. The van der Waals surface area contributed by atoms with Gasteiger partial charge in [0, 0.05) is 6.42 Å². The molecule has 0 aromatic heterocycles. The Kier molecular flexibility index (Phi) is 5.56. The summed E-state index contributed by atoms with van der Waals surface area (Å²) in [5.41, 5.74) is 1.06. The molecule has 1 aliphatic rings. The molecule has 0 bridgehead atoms. The number of rotatable bonds is 7. The molecule has 1 N–H and O–H groups in total. The summed E-state index contributed by atoms with van der Waals surface area (Å²) >= 11 is 0. The van der Waals surface area contributed by atoms with E-state index in [4.69, 9.17) is 9.47 Å². The monoisotopic (exact) mass is 278 g/mol. The molecule has 0 saturated carbocycles. The van der Waals surface area contributed by atoms with E-state index in [1.54, 1.807) is 0 Å². The summed E-state index contributed by atoms with van der Waals surface area (Å²) < 4.78 is 10.7. The Hall–Kier alpha value is -1.39. The Morgan fingerprint density at radius 2 is 2.15 bits per heavy atom. The lowest BCUT2D eigenvalue weighted by Gasteiger charge is -2.17. The van der Waals surface area contributed by atoms with E-state index in [-0.39, 0.29) is 18.5 Å². The third-order valence-corrected chi connectivity index (χ3v) is 3.58. The van der Waals surface area contributed by atoms with Crippen molar-refractivity contribution in [3.05, 3.63) is 35.9 Å². The number of carbonyl (C=O) groups is 1. The molecule has 0 radical (unpaired) electrons. The molecule has 2 rings (SSSR count). The number of carbonyl (C=O) groups excluding carboxylic acids is 1. The van der Waals surface area contributed by atoms with Gasteiger partial charge in [0.15, 0.2) is 0 Å². The zero-order chi connectivity index (χ0) is 14.4. The zero-order valence-electron chi connectivity index (χ0n) is 11.8. The van der Waals surface area contributed by atoms with E-state index in [0.29, 0.717) is 13.0 Å². The molecular formula is C16H22O4. The van der Waals surface area contributed by atoms with Crippen molar-refractivity contribution in [1.29, 1.82) is 0 Å². The molecule has 0 unspecified atom stereocenters. The van der Waals surface area contributed by atoms with Crippen LogP contribution in [-0.2, 0) is 20.9 Å². The van der Waals surface area contributed by atoms with Gasteiger partial charge in [-0.1, -0.05) is 43.7 Å². The zero-order valence-corrected chi connectivity index (χ0v) is 11.8. The lowest BCUT2D eigenvalue weighted by molar-refractivity contribution is -0.149. The third kappa shape index (κ3) is 4.05. The molecule has 0 aliphatic carbocycles. The maximum atomic E-state index is 11.6. The molecule has 20 heavy (non-hydrogen) atoms. The lowest BCUT2D eigenvalue weighted by atomic mass is 9.98. The highest BCUT2D eigenvalue weighted by Gasteiger charge is 2.37. The Labute approximate surface area is 119 Å². The Morgan fingerprint density at radius 1 is 1.40 bits per heavy atom. The maximum absolute atomic E-state index is 11.6. The maximum Gasteiger partial charge on any atom is 0.309 e. The number of benzene rings is 1. The van der Waals surface area contributed by atoms with E-state index in [0.717, 1.165) is 18.4 Å². The predicted molar refractivity (Wildman–Crippen MR) is 75.0 cm³/mol. The second-order valence-electron chi connectivity index (χ2n) is 5.26. The van der Waals surface area contributed by atoms with E-state index >= 15 is 0 Å². The first-order valence-corrected chi connectivity index (χ1v) is 7.21. The van der Waals surface area contributed by atoms with E-state index in [1.165, 1.54) is 0 Å². The van der Waals surface area contributed by atoms with Crippen LogP contribution in [0.2, 0.25) is 0 Å². The average Bonchev–Trinajstić information content (AvgIpc) is 2.82. The summed E-state index contributed by atoms with van der Waals surface area (Å²) in [4.78, 5) is 11.6. The number of esters is 1. The van der Waals surface area contributed by atoms with Gasteiger partial charge in [0.25, 0.3) is 0 Å². The number of cyclic esters (lactones) is 1. The third-order valence-electron chi connectivity index (χ3n) is 3.58. The minimum Gasteiger partial charge on any atom is -0.459 e. The van der Waals surface area contributed by atoms with Gasteiger partial charge in [0.2, 0.25) is 0 Å². The molecule has 0 spiro atoms. The molecule has 1 fully saturated rings. The SMILES string of the molecule is CCC[C@@H]1C[C@@H]([C@H](O)COCc2ccccc2)OC1=O. The van der Waals surface area contributed by atoms with E-state index < -0.39 is 12.2 Å². The number of aliphatic hydroxyl groups excluding tert-OH is 1. The van der Waals surface area contributed by atoms with Crippen LogP contribution in [-0.4, -0.2) is 29.9 Å². The fourth-order valence-corrected chi connectivity index (χ4v) is 2.47. The van der Waals surface area contributed by atoms with E-state index in [9.17, 15) is 9.90 Å². The van der Waals surface area contributed by atoms with Crippen LogP contribution in [0.25, 0.3) is 0 Å². The number of ether oxygens (including phenoxy) is 2. The molecule has 1 aromatic carbocycles. The van der Waals surface area contributed by atoms with Gasteiger partial charge in [-0.3, -0.25) is 4.79 Å². The van der Waals surface area contributed by atoms with Gasteiger partial charge in [-0.25, -0.2) is 0 Å². The van der Waals surface area contributed by atoms with Crippen LogP contribution < -0.4 is 0 Å². The van der Waals surface area contributed by atoms with Crippen molar-refractivity contribution < 1.29 is 19.4 Å². The highest BCUT2D eigenvalue weighted by atomic mass is 16.6. The molecule has 3 atom stereocenters. The van der Waals surface area contributed by atoms with Crippen molar-refractivity contribution in [3.63, 3.8) is 0 Å². The van der Waals surface area contributed by atoms with Crippen molar-refractivity contribution in [2.24, 2.45) is 5.92 Å². The number of hydrogen-bond acceptors (Lipinski definition) is 4. The molecule has 1 aromatic rings. The van der Waals surface area contributed by atoms with Crippen LogP contribution in [0.3, 0.4) is 0 Å². The first kappa shape index (κ1) is 15.0. The largest absolute Gasteiger partial charge is 0.459 e. The van der Waals surface area contributed by atoms with Crippen molar-refractivity contribution in [1.82, 2.24) is 0 Å². The summed E-state index contributed by atoms with van der Waals surface area (Å²) in [5, 5.41) is 10.0. The van der Waals surface area contributed by atoms with Gasteiger partial charge < -0.3 is 14.6 Å². The van der Waals surface area contributed by atoms with Gasteiger partial charge >= 0.3 is 5.97 Å². The van der Waals surface area contributed by atoms with Gasteiger partial charge in [-0.15, -0.1) is 0 Å².